The molecule has 1 aliphatic heterocycles. The number of amides is 1. The standard InChI is InChI=1S/C14H25N5O/c1-11(7-12-5-3-4-6-16-12)18-13-8-17-19(9-13)10-14(20)15-2/h8-9,11-12,16,18H,3-7,10H2,1-2H3,(H,15,20). The van der Waals surface area contributed by atoms with Crippen LogP contribution < -0.4 is 16.0 Å². The molecule has 20 heavy (non-hydrogen) atoms. The van der Waals surface area contributed by atoms with Gasteiger partial charge in [-0.15, -0.1) is 0 Å². The van der Waals surface area contributed by atoms with Crippen LogP contribution in [0.25, 0.3) is 0 Å². The Labute approximate surface area is 120 Å². The van der Waals surface area contributed by atoms with Crippen molar-refractivity contribution in [1.29, 1.82) is 0 Å². The van der Waals surface area contributed by atoms with Crippen LogP contribution in [-0.4, -0.2) is 41.4 Å². The molecule has 2 heterocycles. The molecule has 1 aliphatic rings. The highest BCUT2D eigenvalue weighted by atomic mass is 16.1. The van der Waals surface area contributed by atoms with E-state index in [0.717, 1.165) is 18.7 Å². The third kappa shape index (κ3) is 4.52. The quantitative estimate of drug-likeness (QED) is 0.725. The van der Waals surface area contributed by atoms with Gasteiger partial charge < -0.3 is 16.0 Å². The number of aromatic nitrogens is 2. The summed E-state index contributed by atoms with van der Waals surface area (Å²) in [6.07, 6.45) is 8.65. The third-order valence-electron chi connectivity index (χ3n) is 3.68. The molecule has 6 nitrogen and oxygen atoms in total. The fourth-order valence-electron chi connectivity index (χ4n) is 2.65. The Kier molecular flexibility index (Phi) is 5.40. The topological polar surface area (TPSA) is 71.0 Å². The first-order valence-corrected chi connectivity index (χ1v) is 7.40. The van der Waals surface area contributed by atoms with Crippen LogP contribution in [0.15, 0.2) is 12.4 Å². The van der Waals surface area contributed by atoms with E-state index < -0.39 is 0 Å². The first kappa shape index (κ1) is 14.8. The van der Waals surface area contributed by atoms with Crippen molar-refractivity contribution in [2.75, 3.05) is 18.9 Å². The summed E-state index contributed by atoms with van der Waals surface area (Å²) in [5, 5.41) is 13.8. The van der Waals surface area contributed by atoms with Gasteiger partial charge in [0.1, 0.15) is 6.54 Å². The summed E-state index contributed by atoms with van der Waals surface area (Å²) in [4.78, 5) is 11.3. The second-order valence-corrected chi connectivity index (χ2v) is 5.53. The molecule has 2 unspecified atom stereocenters. The molecular formula is C14H25N5O. The predicted molar refractivity (Wildman–Crippen MR) is 79.6 cm³/mol. The minimum atomic E-state index is -0.0425. The number of piperidine rings is 1. The normalized spacial score (nSPS) is 20.4. The van der Waals surface area contributed by atoms with E-state index in [2.05, 4.69) is 28.0 Å². The van der Waals surface area contributed by atoms with Crippen molar-refractivity contribution in [3.63, 3.8) is 0 Å². The van der Waals surface area contributed by atoms with E-state index in [9.17, 15) is 4.79 Å². The molecule has 3 N–H and O–H groups in total. The van der Waals surface area contributed by atoms with Crippen LogP contribution in [0.3, 0.4) is 0 Å². The molecule has 0 aliphatic carbocycles. The van der Waals surface area contributed by atoms with Crippen LogP contribution in [0.1, 0.15) is 32.6 Å². The number of nitrogens with one attached hydrogen (secondary N) is 3. The summed E-state index contributed by atoms with van der Waals surface area (Å²) >= 11 is 0. The largest absolute Gasteiger partial charge is 0.380 e. The molecule has 1 aromatic heterocycles. The summed E-state index contributed by atoms with van der Waals surface area (Å²) in [5.74, 6) is -0.0425. The number of hydrogen-bond acceptors (Lipinski definition) is 4. The molecule has 0 bridgehead atoms. The summed E-state index contributed by atoms with van der Waals surface area (Å²) in [5.41, 5.74) is 0.970. The fourth-order valence-corrected chi connectivity index (χ4v) is 2.65. The number of carbonyl (C=O) groups is 1. The molecule has 112 valence electrons. The Hall–Kier alpha value is -1.56. The summed E-state index contributed by atoms with van der Waals surface area (Å²) in [6.45, 7) is 3.59. The average Bonchev–Trinajstić information content (AvgIpc) is 2.86. The average molecular weight is 279 g/mol. The van der Waals surface area contributed by atoms with Gasteiger partial charge in [0.05, 0.1) is 11.9 Å². The number of rotatable bonds is 6. The fraction of sp³-hybridized carbons (Fsp3) is 0.714. The Morgan fingerprint density at radius 3 is 3.15 bits per heavy atom. The second kappa shape index (κ2) is 7.28. The smallest absolute Gasteiger partial charge is 0.241 e. The van der Waals surface area contributed by atoms with Gasteiger partial charge in [-0.2, -0.15) is 5.10 Å². The van der Waals surface area contributed by atoms with Crippen molar-refractivity contribution < 1.29 is 4.79 Å². The summed E-state index contributed by atoms with van der Waals surface area (Å²) in [7, 11) is 1.63. The van der Waals surface area contributed by atoms with Gasteiger partial charge in [-0.05, 0) is 32.7 Å². The van der Waals surface area contributed by atoms with E-state index in [0.29, 0.717) is 12.1 Å². The Morgan fingerprint density at radius 1 is 1.60 bits per heavy atom. The number of likely N-dealkylation sites (N-methyl/N-ethyl adjacent to an activating group) is 1. The molecule has 0 spiro atoms. The predicted octanol–water partition coefficient (Wildman–Crippen LogP) is 0.962. The molecule has 0 radical (unpaired) electrons. The lowest BCUT2D eigenvalue weighted by atomic mass is 9.99. The van der Waals surface area contributed by atoms with E-state index in [4.69, 9.17) is 0 Å². The zero-order valence-electron chi connectivity index (χ0n) is 12.4. The molecule has 1 saturated heterocycles. The monoisotopic (exact) mass is 279 g/mol. The lowest BCUT2D eigenvalue weighted by Gasteiger charge is -2.26. The first-order chi connectivity index (χ1) is 9.67. The van der Waals surface area contributed by atoms with Crippen molar-refractivity contribution in [2.24, 2.45) is 0 Å². The highest BCUT2D eigenvalue weighted by Gasteiger charge is 2.16. The number of anilines is 1. The molecule has 0 saturated carbocycles. The minimum Gasteiger partial charge on any atom is -0.380 e. The molecule has 2 atom stereocenters. The van der Waals surface area contributed by atoms with Crippen LogP contribution in [0.4, 0.5) is 5.69 Å². The lowest BCUT2D eigenvalue weighted by Crippen LogP contribution is -2.37. The maximum absolute atomic E-state index is 11.3. The SMILES string of the molecule is CNC(=O)Cn1cc(NC(C)CC2CCCCN2)cn1. The van der Waals surface area contributed by atoms with Crippen molar-refractivity contribution in [3.8, 4) is 0 Å². The third-order valence-corrected chi connectivity index (χ3v) is 3.68. The van der Waals surface area contributed by atoms with E-state index >= 15 is 0 Å². The lowest BCUT2D eigenvalue weighted by molar-refractivity contribution is -0.121. The van der Waals surface area contributed by atoms with Gasteiger partial charge in [0.15, 0.2) is 0 Å². The zero-order valence-corrected chi connectivity index (χ0v) is 12.4. The maximum Gasteiger partial charge on any atom is 0.241 e. The van der Waals surface area contributed by atoms with Gasteiger partial charge in [0.25, 0.3) is 0 Å². The second-order valence-electron chi connectivity index (χ2n) is 5.53. The maximum atomic E-state index is 11.3. The zero-order chi connectivity index (χ0) is 14.4. The van der Waals surface area contributed by atoms with Crippen molar-refractivity contribution >= 4 is 11.6 Å². The Morgan fingerprint density at radius 2 is 2.45 bits per heavy atom. The molecule has 0 aromatic carbocycles. The molecule has 2 rings (SSSR count). The minimum absolute atomic E-state index is 0.0425. The van der Waals surface area contributed by atoms with Gasteiger partial charge in [-0.1, -0.05) is 6.42 Å². The first-order valence-electron chi connectivity index (χ1n) is 7.40. The van der Waals surface area contributed by atoms with E-state index in [1.165, 1.54) is 19.3 Å². The van der Waals surface area contributed by atoms with Crippen molar-refractivity contribution in [1.82, 2.24) is 20.4 Å². The van der Waals surface area contributed by atoms with Crippen molar-refractivity contribution in [2.45, 2.75) is 51.2 Å². The highest BCUT2D eigenvalue weighted by Crippen LogP contribution is 2.15. The van der Waals surface area contributed by atoms with Crippen LogP contribution in [0.2, 0.25) is 0 Å². The van der Waals surface area contributed by atoms with Crippen LogP contribution in [-0.2, 0) is 11.3 Å². The van der Waals surface area contributed by atoms with Gasteiger partial charge in [0, 0.05) is 25.3 Å². The van der Waals surface area contributed by atoms with Gasteiger partial charge in [-0.25, -0.2) is 0 Å². The van der Waals surface area contributed by atoms with Crippen LogP contribution in [0.5, 0.6) is 0 Å². The van der Waals surface area contributed by atoms with Crippen molar-refractivity contribution in [3.05, 3.63) is 12.4 Å². The molecule has 6 heteroatoms. The van der Waals surface area contributed by atoms with E-state index in [-0.39, 0.29) is 12.5 Å². The van der Waals surface area contributed by atoms with E-state index in [1.54, 1.807) is 17.9 Å². The van der Waals surface area contributed by atoms with Gasteiger partial charge in [0.2, 0.25) is 5.91 Å². The molecule has 1 amide bonds. The molecular weight excluding hydrogens is 254 g/mol. The number of nitrogens with zero attached hydrogens (tertiary/aromatic N) is 2. The van der Waals surface area contributed by atoms with E-state index in [1.807, 2.05) is 6.20 Å². The van der Waals surface area contributed by atoms with Crippen LogP contribution >= 0.6 is 0 Å². The number of hydrogen-bond donors (Lipinski definition) is 3. The van der Waals surface area contributed by atoms with Gasteiger partial charge in [-0.3, -0.25) is 9.48 Å². The molecule has 1 aromatic rings. The molecule has 1 fully saturated rings. The Bertz CT molecular complexity index is 425. The van der Waals surface area contributed by atoms with Crippen LogP contribution in [0, 0.1) is 0 Å². The highest BCUT2D eigenvalue weighted by molar-refractivity contribution is 5.75. The Balaban J connectivity index is 1.78. The number of carbonyl (C=O) groups excluding carboxylic acids is 1. The summed E-state index contributed by atoms with van der Waals surface area (Å²) in [6, 6.07) is 1.01. The summed E-state index contributed by atoms with van der Waals surface area (Å²) < 4.78 is 1.65. The van der Waals surface area contributed by atoms with Gasteiger partial charge >= 0.3 is 0 Å².